The number of carboxylic acid groups (broad SMARTS) is 1. The smallest absolute Gasteiger partial charge is 0.405 e. The summed E-state index contributed by atoms with van der Waals surface area (Å²) < 4.78 is 17.1. The first-order valence-corrected chi connectivity index (χ1v) is 17.0. The monoisotopic (exact) mass is 615 g/mol. The summed E-state index contributed by atoms with van der Waals surface area (Å²) in [4.78, 5) is 35.0. The Hall–Kier alpha value is -3.46. The number of nitrogens with zero attached hydrogens (tertiary/aromatic N) is 4. The van der Waals surface area contributed by atoms with Crippen molar-refractivity contribution in [3.63, 3.8) is 0 Å². The number of carbonyl (C=O) groups is 2. The van der Waals surface area contributed by atoms with Crippen molar-refractivity contribution in [3.05, 3.63) is 65.7 Å². The van der Waals surface area contributed by atoms with E-state index in [1.165, 1.54) is 24.4 Å². The summed E-state index contributed by atoms with van der Waals surface area (Å²) in [6.45, 7) is 4.20. The number of fused-ring (bicyclic) bond motifs is 3. The van der Waals surface area contributed by atoms with Crippen LogP contribution in [-0.2, 0) is 10.2 Å². The second-order valence-electron chi connectivity index (χ2n) is 14.2. The fourth-order valence-electron chi connectivity index (χ4n) is 9.48. The molecule has 4 fully saturated rings. The molecule has 2 amide bonds. The van der Waals surface area contributed by atoms with Gasteiger partial charge in [0.1, 0.15) is 17.2 Å². The number of hydrogen-bond donors (Lipinski definition) is 2. The minimum absolute atomic E-state index is 0.0834. The van der Waals surface area contributed by atoms with E-state index in [0.29, 0.717) is 44.1 Å². The number of imidazole rings is 1. The highest BCUT2D eigenvalue weighted by Gasteiger charge is 2.47. The molecule has 2 N–H and O–H groups in total. The van der Waals surface area contributed by atoms with Crippen LogP contribution in [0.1, 0.15) is 94.5 Å². The third-order valence-electron chi connectivity index (χ3n) is 11.8. The molecule has 1 aromatic heterocycles. The zero-order chi connectivity index (χ0) is 31.2. The van der Waals surface area contributed by atoms with Crippen LogP contribution < -0.4 is 5.32 Å². The Balaban J connectivity index is 1.07. The second kappa shape index (κ2) is 12.0. The Kier molecular flexibility index (Phi) is 8.09. The van der Waals surface area contributed by atoms with Crippen LogP contribution in [0.4, 0.5) is 9.18 Å². The number of nitrogens with one attached hydrogen (secondary N) is 1. The van der Waals surface area contributed by atoms with E-state index in [4.69, 9.17) is 4.98 Å². The van der Waals surface area contributed by atoms with E-state index in [1.807, 2.05) is 11.0 Å². The van der Waals surface area contributed by atoms with E-state index >= 15 is 0 Å². The minimum atomic E-state index is -1.13. The molecular formula is C36H46FN5O3. The Bertz CT molecular complexity index is 1540. The van der Waals surface area contributed by atoms with E-state index in [0.717, 1.165) is 74.8 Å². The van der Waals surface area contributed by atoms with Gasteiger partial charge in [0.2, 0.25) is 5.91 Å². The summed E-state index contributed by atoms with van der Waals surface area (Å²) in [5, 5.41) is 12.2. The number of hydrogen-bond acceptors (Lipinski definition) is 4. The van der Waals surface area contributed by atoms with Gasteiger partial charge in [-0.1, -0.05) is 43.5 Å². The van der Waals surface area contributed by atoms with Gasteiger partial charge in [-0.15, -0.1) is 0 Å². The Morgan fingerprint density at radius 1 is 0.956 bits per heavy atom. The maximum atomic E-state index is 14.6. The number of aromatic nitrogens is 2. The number of halogens is 1. The van der Waals surface area contributed by atoms with Crippen molar-refractivity contribution in [3.8, 4) is 0 Å². The van der Waals surface area contributed by atoms with Gasteiger partial charge in [0.25, 0.3) is 0 Å². The zero-order valence-corrected chi connectivity index (χ0v) is 26.4. The molecule has 8 nitrogen and oxygen atoms in total. The van der Waals surface area contributed by atoms with E-state index in [1.54, 1.807) is 6.07 Å². The number of benzene rings is 2. The highest BCUT2D eigenvalue weighted by molar-refractivity contribution is 5.90. The minimum Gasteiger partial charge on any atom is -0.465 e. The van der Waals surface area contributed by atoms with Crippen LogP contribution in [0.2, 0.25) is 0 Å². The van der Waals surface area contributed by atoms with Crippen LogP contribution in [0.15, 0.2) is 48.5 Å². The summed E-state index contributed by atoms with van der Waals surface area (Å²) >= 11 is 0. The Labute approximate surface area is 265 Å². The summed E-state index contributed by atoms with van der Waals surface area (Å²) in [6, 6.07) is 17.0. The third kappa shape index (κ3) is 5.62. The van der Waals surface area contributed by atoms with Gasteiger partial charge in [0, 0.05) is 31.2 Å². The predicted octanol–water partition coefficient (Wildman–Crippen LogP) is 6.57. The van der Waals surface area contributed by atoms with Crippen molar-refractivity contribution in [2.75, 3.05) is 19.6 Å². The predicted molar refractivity (Wildman–Crippen MR) is 172 cm³/mol. The lowest BCUT2D eigenvalue weighted by molar-refractivity contribution is -0.141. The van der Waals surface area contributed by atoms with Gasteiger partial charge in [-0.3, -0.25) is 9.69 Å². The van der Waals surface area contributed by atoms with E-state index < -0.39 is 11.6 Å². The maximum absolute atomic E-state index is 14.6. The summed E-state index contributed by atoms with van der Waals surface area (Å²) in [7, 11) is 0. The number of rotatable bonds is 7. The highest BCUT2D eigenvalue weighted by atomic mass is 19.1. The van der Waals surface area contributed by atoms with Crippen molar-refractivity contribution in [1.29, 1.82) is 0 Å². The first kappa shape index (κ1) is 30.2. The van der Waals surface area contributed by atoms with E-state index in [2.05, 4.69) is 52.0 Å². The topological polar surface area (TPSA) is 90.7 Å². The van der Waals surface area contributed by atoms with Crippen LogP contribution in [0.25, 0.3) is 11.0 Å². The third-order valence-corrected chi connectivity index (χ3v) is 11.8. The largest absolute Gasteiger partial charge is 0.465 e. The van der Waals surface area contributed by atoms with Gasteiger partial charge >= 0.3 is 6.09 Å². The fourth-order valence-corrected chi connectivity index (χ4v) is 9.48. The van der Waals surface area contributed by atoms with Crippen LogP contribution >= 0.6 is 0 Å². The molecule has 45 heavy (non-hydrogen) atoms. The molecule has 4 aliphatic rings. The molecule has 7 rings (SSSR count). The lowest BCUT2D eigenvalue weighted by Crippen LogP contribution is -2.62. The fraction of sp³-hybridized carbons (Fsp3) is 0.583. The van der Waals surface area contributed by atoms with Crippen molar-refractivity contribution >= 4 is 23.0 Å². The maximum Gasteiger partial charge on any atom is 0.405 e. The average Bonchev–Trinajstić information content (AvgIpc) is 3.50. The molecule has 3 atom stereocenters. The molecule has 9 heteroatoms. The van der Waals surface area contributed by atoms with Crippen LogP contribution in [0.3, 0.4) is 0 Å². The molecule has 1 saturated carbocycles. The molecule has 4 heterocycles. The molecule has 1 unspecified atom stereocenters. The number of amides is 2. The van der Waals surface area contributed by atoms with E-state index in [9.17, 15) is 19.1 Å². The number of carbonyl (C=O) groups excluding carboxylic acids is 1. The van der Waals surface area contributed by atoms with Gasteiger partial charge in [-0.25, -0.2) is 14.2 Å². The molecule has 3 aromatic rings. The standard InChI is InChI=1S/C36H46FN5O3/c1-25-38-31-10-3-4-11-32(31)42(25)30-23-28-12-13-29(24-30)41(28)21-18-35(26-8-7-9-27(37)22-26)16-19-40(20-17-35)33(43)36(39-34(44)45)14-5-2-6-15-36/h3-4,7-11,22,28-30,39H,2,5-6,12-21,23-24H2,1H3,(H,44,45)/t28-,29+,30?. The highest BCUT2D eigenvalue weighted by Crippen LogP contribution is 2.45. The molecule has 3 aliphatic heterocycles. The molecule has 3 saturated heterocycles. The molecule has 240 valence electrons. The number of piperidine rings is 2. The molecule has 0 radical (unpaired) electrons. The quantitative estimate of drug-likeness (QED) is 0.314. The molecule has 2 bridgehead atoms. The number of likely N-dealkylation sites (tertiary alicyclic amines) is 1. The van der Waals surface area contributed by atoms with Crippen LogP contribution in [0.5, 0.6) is 0 Å². The summed E-state index contributed by atoms with van der Waals surface area (Å²) in [5.74, 6) is 0.787. The van der Waals surface area contributed by atoms with Crippen molar-refractivity contribution in [1.82, 2.24) is 24.7 Å². The Morgan fingerprint density at radius 3 is 2.36 bits per heavy atom. The Morgan fingerprint density at radius 2 is 1.67 bits per heavy atom. The summed E-state index contributed by atoms with van der Waals surface area (Å²) in [6.07, 6.45) is 9.76. The van der Waals surface area contributed by atoms with Gasteiger partial charge in [0.15, 0.2) is 0 Å². The van der Waals surface area contributed by atoms with Crippen molar-refractivity contribution in [2.24, 2.45) is 0 Å². The number of aryl methyl sites for hydroxylation is 1. The van der Waals surface area contributed by atoms with Gasteiger partial charge in [-0.2, -0.15) is 0 Å². The zero-order valence-electron chi connectivity index (χ0n) is 26.4. The van der Waals surface area contributed by atoms with Crippen molar-refractivity contribution < 1.29 is 19.1 Å². The normalized spacial score (nSPS) is 26.2. The second-order valence-corrected chi connectivity index (χ2v) is 14.2. The number of para-hydroxylation sites is 2. The van der Waals surface area contributed by atoms with E-state index in [-0.39, 0.29) is 17.1 Å². The molecule has 0 spiro atoms. The first-order valence-electron chi connectivity index (χ1n) is 17.0. The molecular weight excluding hydrogens is 569 g/mol. The van der Waals surface area contributed by atoms with Crippen molar-refractivity contribution in [2.45, 2.75) is 113 Å². The van der Waals surface area contributed by atoms with Crippen LogP contribution in [-0.4, -0.2) is 73.7 Å². The summed E-state index contributed by atoms with van der Waals surface area (Å²) in [5.41, 5.74) is 2.07. The van der Waals surface area contributed by atoms with Gasteiger partial charge in [0.05, 0.1) is 11.0 Å². The van der Waals surface area contributed by atoms with Crippen LogP contribution in [0, 0.1) is 12.7 Å². The lowest BCUT2D eigenvalue weighted by atomic mass is 9.69. The van der Waals surface area contributed by atoms with Gasteiger partial charge in [-0.05, 0) is 106 Å². The average molecular weight is 616 g/mol. The SMILES string of the molecule is Cc1nc2ccccc2n1C1C[C@H]2CC[C@@H](C1)N2CCC1(c2cccc(F)c2)CCN(C(=O)C2(NC(=O)O)CCCCC2)CC1. The lowest BCUT2D eigenvalue weighted by Gasteiger charge is -2.47. The molecule has 1 aliphatic carbocycles. The molecule has 2 aromatic carbocycles. The first-order chi connectivity index (χ1) is 21.8. The van der Waals surface area contributed by atoms with Gasteiger partial charge < -0.3 is 19.9 Å².